The maximum atomic E-state index is 12.1. The predicted octanol–water partition coefficient (Wildman–Crippen LogP) is 5.86. The highest BCUT2D eigenvalue weighted by molar-refractivity contribution is 5.89. The van der Waals surface area contributed by atoms with Crippen LogP contribution in [0.5, 0.6) is 0 Å². The molecule has 0 spiro atoms. The van der Waals surface area contributed by atoms with Crippen LogP contribution in [0.15, 0.2) is 47.6 Å². The lowest BCUT2D eigenvalue weighted by Gasteiger charge is -2.23. The highest BCUT2D eigenvalue weighted by Crippen LogP contribution is 2.24. The van der Waals surface area contributed by atoms with E-state index in [4.69, 9.17) is 4.74 Å². The van der Waals surface area contributed by atoms with E-state index < -0.39 is 10.9 Å². The molecular weight excluding hydrogens is 330 g/mol. The number of ether oxygens (including phenoxy) is 1. The van der Waals surface area contributed by atoms with Crippen LogP contribution in [0.25, 0.3) is 0 Å². The second-order valence-corrected chi connectivity index (χ2v) is 7.62. The first kappa shape index (κ1) is 21.6. The van der Waals surface area contributed by atoms with Gasteiger partial charge in [0.2, 0.25) is 0 Å². The van der Waals surface area contributed by atoms with Crippen LogP contribution in [0.1, 0.15) is 64.2 Å². The summed E-state index contributed by atoms with van der Waals surface area (Å²) in [6, 6.07) is 5.45. The summed E-state index contributed by atoms with van der Waals surface area (Å²) in [7, 11) is 0. The number of nitro benzene ring substituents is 1. The molecule has 0 bridgehead atoms. The van der Waals surface area contributed by atoms with E-state index in [0.29, 0.717) is 12.2 Å². The number of hydrogen-bond donors (Lipinski definition) is 0. The van der Waals surface area contributed by atoms with Crippen molar-refractivity contribution in [3.05, 3.63) is 63.2 Å². The molecule has 1 aromatic rings. The molecule has 142 valence electrons. The molecule has 5 heteroatoms. The largest absolute Gasteiger partial charge is 0.462 e. The first-order chi connectivity index (χ1) is 12.1. The van der Waals surface area contributed by atoms with Gasteiger partial charge in [0.25, 0.3) is 5.69 Å². The summed E-state index contributed by atoms with van der Waals surface area (Å²) in [5.41, 5.74) is 2.76. The minimum Gasteiger partial charge on any atom is -0.462 e. The molecule has 1 aromatic carbocycles. The van der Waals surface area contributed by atoms with Crippen LogP contribution in [-0.2, 0) is 4.74 Å². The third-order valence-electron chi connectivity index (χ3n) is 4.00. The van der Waals surface area contributed by atoms with Crippen molar-refractivity contribution in [3.8, 4) is 0 Å². The summed E-state index contributed by atoms with van der Waals surface area (Å²) >= 11 is 0. The fraction of sp³-hybridized carbons (Fsp3) is 0.476. The summed E-state index contributed by atoms with van der Waals surface area (Å²) in [6.07, 6.45) is 7.33. The van der Waals surface area contributed by atoms with E-state index in [-0.39, 0.29) is 11.1 Å². The molecule has 0 saturated heterocycles. The van der Waals surface area contributed by atoms with Crippen LogP contribution in [0, 0.1) is 15.5 Å². The van der Waals surface area contributed by atoms with Crippen molar-refractivity contribution in [2.75, 3.05) is 6.61 Å². The SMILES string of the molecule is CC(C)=CCC/C(C)=C/CC(C)(C)COC(=O)c1ccc([N+](=O)[O-])cc1. The van der Waals surface area contributed by atoms with E-state index in [1.165, 1.54) is 35.4 Å². The van der Waals surface area contributed by atoms with Gasteiger partial charge in [-0.1, -0.05) is 37.1 Å². The first-order valence-corrected chi connectivity index (χ1v) is 8.81. The van der Waals surface area contributed by atoms with E-state index in [1.807, 2.05) is 0 Å². The van der Waals surface area contributed by atoms with E-state index in [1.54, 1.807) is 0 Å². The number of esters is 1. The first-order valence-electron chi connectivity index (χ1n) is 8.81. The minimum atomic E-state index is -0.496. The number of benzene rings is 1. The number of allylic oxidation sites excluding steroid dienone is 4. The number of hydrogen-bond acceptors (Lipinski definition) is 4. The summed E-state index contributed by atoms with van der Waals surface area (Å²) in [4.78, 5) is 22.3. The lowest BCUT2D eigenvalue weighted by Crippen LogP contribution is -2.21. The summed E-state index contributed by atoms with van der Waals surface area (Å²) in [6.45, 7) is 10.7. The van der Waals surface area contributed by atoms with Gasteiger partial charge in [-0.15, -0.1) is 0 Å². The number of carbonyl (C=O) groups excluding carboxylic acids is 1. The Balaban J connectivity index is 2.52. The third-order valence-corrected chi connectivity index (χ3v) is 4.00. The van der Waals surface area contributed by atoms with Crippen LogP contribution in [-0.4, -0.2) is 17.5 Å². The smallest absolute Gasteiger partial charge is 0.338 e. The Bertz CT molecular complexity index is 680. The lowest BCUT2D eigenvalue weighted by molar-refractivity contribution is -0.384. The van der Waals surface area contributed by atoms with E-state index in [2.05, 4.69) is 46.8 Å². The maximum absolute atomic E-state index is 12.1. The minimum absolute atomic E-state index is 0.0457. The number of rotatable bonds is 9. The molecule has 0 saturated carbocycles. The van der Waals surface area contributed by atoms with Crippen molar-refractivity contribution < 1.29 is 14.5 Å². The Kier molecular flexibility index (Phi) is 8.23. The van der Waals surface area contributed by atoms with Crippen LogP contribution in [0.3, 0.4) is 0 Å². The zero-order valence-electron chi connectivity index (χ0n) is 16.4. The van der Waals surface area contributed by atoms with Gasteiger partial charge in [-0.2, -0.15) is 0 Å². The maximum Gasteiger partial charge on any atom is 0.338 e. The molecule has 1 rings (SSSR count). The zero-order valence-corrected chi connectivity index (χ0v) is 16.4. The van der Waals surface area contributed by atoms with Crippen molar-refractivity contribution in [3.63, 3.8) is 0 Å². The monoisotopic (exact) mass is 359 g/mol. The van der Waals surface area contributed by atoms with Crippen LogP contribution in [0.2, 0.25) is 0 Å². The molecule has 26 heavy (non-hydrogen) atoms. The second-order valence-electron chi connectivity index (χ2n) is 7.62. The average Bonchev–Trinajstić information content (AvgIpc) is 2.58. The predicted molar refractivity (Wildman–Crippen MR) is 104 cm³/mol. The zero-order chi connectivity index (χ0) is 19.7. The number of non-ortho nitro benzene ring substituents is 1. The topological polar surface area (TPSA) is 69.4 Å². The van der Waals surface area contributed by atoms with Gasteiger partial charge < -0.3 is 4.74 Å². The van der Waals surface area contributed by atoms with Gasteiger partial charge in [0, 0.05) is 17.5 Å². The molecule has 0 unspecified atom stereocenters. The Morgan fingerprint density at radius 3 is 2.31 bits per heavy atom. The van der Waals surface area contributed by atoms with Gasteiger partial charge in [-0.25, -0.2) is 4.79 Å². The molecule has 5 nitrogen and oxygen atoms in total. The Morgan fingerprint density at radius 2 is 1.77 bits per heavy atom. The summed E-state index contributed by atoms with van der Waals surface area (Å²) < 4.78 is 5.39. The van der Waals surface area contributed by atoms with E-state index >= 15 is 0 Å². The Morgan fingerprint density at radius 1 is 1.15 bits per heavy atom. The van der Waals surface area contributed by atoms with Gasteiger partial charge >= 0.3 is 5.97 Å². The molecule has 0 fully saturated rings. The molecule has 0 atom stereocenters. The normalized spacial score (nSPS) is 11.8. The number of nitro groups is 1. The fourth-order valence-electron chi connectivity index (χ4n) is 2.26. The van der Waals surface area contributed by atoms with Gasteiger partial charge in [-0.05, 0) is 52.2 Å². The van der Waals surface area contributed by atoms with Crippen molar-refractivity contribution in [1.82, 2.24) is 0 Å². The third kappa shape index (κ3) is 8.10. The van der Waals surface area contributed by atoms with Crippen molar-refractivity contribution in [2.45, 2.75) is 53.9 Å². The van der Waals surface area contributed by atoms with Gasteiger partial charge in [0.1, 0.15) is 0 Å². The Hall–Kier alpha value is -2.43. The molecule has 0 N–H and O–H groups in total. The molecule has 0 amide bonds. The molecule has 0 heterocycles. The van der Waals surface area contributed by atoms with E-state index in [9.17, 15) is 14.9 Å². The van der Waals surface area contributed by atoms with Gasteiger partial charge in [0.15, 0.2) is 0 Å². The highest BCUT2D eigenvalue weighted by atomic mass is 16.6. The van der Waals surface area contributed by atoms with E-state index in [0.717, 1.165) is 19.3 Å². The molecule has 0 radical (unpaired) electrons. The van der Waals surface area contributed by atoms with Crippen LogP contribution >= 0.6 is 0 Å². The Labute approximate surface area is 155 Å². The van der Waals surface area contributed by atoms with Gasteiger partial charge in [-0.3, -0.25) is 10.1 Å². The summed E-state index contributed by atoms with van der Waals surface area (Å²) in [5, 5.41) is 10.6. The number of nitrogens with zero attached hydrogens (tertiary/aromatic N) is 1. The van der Waals surface area contributed by atoms with Crippen LogP contribution in [0.4, 0.5) is 5.69 Å². The van der Waals surface area contributed by atoms with Crippen LogP contribution < -0.4 is 0 Å². The second kappa shape index (κ2) is 9.90. The standard InChI is InChI=1S/C21H29NO4/c1-16(2)7-6-8-17(3)13-14-21(4,5)15-26-20(23)18-9-11-19(12-10-18)22(24)25/h7,9-13H,6,8,14-15H2,1-5H3/b17-13+. The van der Waals surface area contributed by atoms with Gasteiger partial charge in [0.05, 0.1) is 17.1 Å². The average molecular weight is 359 g/mol. The highest BCUT2D eigenvalue weighted by Gasteiger charge is 2.20. The molecule has 0 aliphatic carbocycles. The van der Waals surface area contributed by atoms with Crippen molar-refractivity contribution >= 4 is 11.7 Å². The molecule has 0 aliphatic heterocycles. The fourth-order valence-corrected chi connectivity index (χ4v) is 2.26. The van der Waals surface area contributed by atoms with Crippen molar-refractivity contribution in [2.24, 2.45) is 5.41 Å². The molecule has 0 aliphatic rings. The molecule has 0 aromatic heterocycles. The molecular formula is C21H29NO4. The summed E-state index contributed by atoms with van der Waals surface area (Å²) in [5.74, 6) is -0.461. The lowest BCUT2D eigenvalue weighted by atomic mass is 9.89. The number of carbonyl (C=O) groups is 1. The quantitative estimate of drug-likeness (QED) is 0.240. The van der Waals surface area contributed by atoms with Crippen molar-refractivity contribution in [1.29, 1.82) is 0 Å².